The quantitative estimate of drug-likeness (QED) is 0.682. The molecule has 0 aromatic heterocycles. The Morgan fingerprint density at radius 1 is 1.54 bits per heavy atom. The molecule has 0 aliphatic rings. The summed E-state index contributed by atoms with van der Waals surface area (Å²) in [7, 11) is 1.22. The molecule has 5 nitrogen and oxygen atoms in total. The van der Waals surface area contributed by atoms with E-state index in [-0.39, 0.29) is 11.3 Å². The van der Waals surface area contributed by atoms with E-state index < -0.39 is 17.5 Å². The number of carbonyl (C=O) groups is 1. The molecule has 0 bridgehead atoms. The largest absolute Gasteiger partial charge is 0.867 e. The number of carboxylic acids is 1. The minimum atomic E-state index is -1.23. The van der Waals surface area contributed by atoms with Gasteiger partial charge in [-0.15, -0.1) is 0 Å². The number of aromatic hydroxyl groups is 1. The van der Waals surface area contributed by atoms with E-state index in [1.165, 1.54) is 7.11 Å². The highest BCUT2D eigenvalue weighted by Crippen LogP contribution is 2.33. The smallest absolute Gasteiger partial charge is 0.335 e. The molecule has 1 aromatic rings. The Labute approximate surface area is 73.8 Å². The van der Waals surface area contributed by atoms with Crippen molar-refractivity contribution in [2.45, 2.75) is 0 Å². The summed E-state index contributed by atoms with van der Waals surface area (Å²) < 4.78 is 4.58. The van der Waals surface area contributed by atoms with E-state index in [2.05, 4.69) is 4.74 Å². The van der Waals surface area contributed by atoms with Crippen molar-refractivity contribution in [2.24, 2.45) is 0 Å². The van der Waals surface area contributed by atoms with Crippen molar-refractivity contribution >= 4 is 5.97 Å². The molecule has 0 saturated carbocycles. The van der Waals surface area contributed by atoms with E-state index >= 15 is 0 Å². The first kappa shape index (κ1) is 9.18. The minimum Gasteiger partial charge on any atom is -0.867 e. The van der Waals surface area contributed by atoms with Gasteiger partial charge in [-0.1, -0.05) is 0 Å². The van der Waals surface area contributed by atoms with Gasteiger partial charge in [0.1, 0.15) is 11.5 Å². The van der Waals surface area contributed by atoms with Crippen molar-refractivity contribution in [3.63, 3.8) is 0 Å². The maximum atomic E-state index is 11.0. The van der Waals surface area contributed by atoms with Gasteiger partial charge >= 0.3 is 5.97 Å². The molecule has 1 aromatic carbocycles. The molecule has 1 rings (SSSR count). The van der Waals surface area contributed by atoms with Crippen LogP contribution < -0.4 is 9.84 Å². The van der Waals surface area contributed by atoms with E-state index in [0.717, 1.165) is 12.1 Å². The van der Waals surface area contributed by atoms with Gasteiger partial charge in [-0.05, 0) is 17.9 Å². The average Bonchev–Trinajstić information content (AvgIpc) is 2.09. The maximum absolute atomic E-state index is 11.0. The molecule has 2 N–H and O–H groups in total. The summed E-state index contributed by atoms with van der Waals surface area (Å²) in [6, 6.07) is 1.94. The summed E-state index contributed by atoms with van der Waals surface area (Å²) in [5.41, 5.74) is -0.186. The summed E-state index contributed by atoms with van der Waals surface area (Å²) in [4.78, 5) is 10.5. The highest BCUT2D eigenvalue weighted by atomic mass is 16.5. The van der Waals surface area contributed by atoms with Gasteiger partial charge in [-0.2, -0.15) is 0 Å². The number of rotatable bonds is 2. The number of ether oxygens (including phenoxy) is 1. The van der Waals surface area contributed by atoms with Crippen molar-refractivity contribution in [1.82, 2.24) is 0 Å². The van der Waals surface area contributed by atoms with Gasteiger partial charge in [-0.25, -0.2) is 4.79 Å². The van der Waals surface area contributed by atoms with E-state index in [9.17, 15) is 9.90 Å². The molecule has 0 atom stereocenters. The molecule has 5 heteroatoms. The second kappa shape index (κ2) is 3.22. The summed E-state index contributed by atoms with van der Waals surface area (Å²) in [6.45, 7) is 0. The topological polar surface area (TPSA) is 89.8 Å². The first-order valence-electron chi connectivity index (χ1n) is 3.37. The summed E-state index contributed by atoms with van der Waals surface area (Å²) in [5, 5.41) is 28.6. The van der Waals surface area contributed by atoms with Crippen LogP contribution in [-0.4, -0.2) is 23.3 Å². The Bertz CT molecular complexity index is 345. The number of aromatic carboxylic acids is 1. The Balaban J connectivity index is 3.30. The van der Waals surface area contributed by atoms with Crippen molar-refractivity contribution in [2.75, 3.05) is 7.11 Å². The lowest BCUT2D eigenvalue weighted by Crippen LogP contribution is -2.01. The molecule has 0 fully saturated rings. The van der Waals surface area contributed by atoms with Crippen LogP contribution in [0.15, 0.2) is 12.1 Å². The Hall–Kier alpha value is -1.91. The first-order valence-corrected chi connectivity index (χ1v) is 3.37. The van der Waals surface area contributed by atoms with Gasteiger partial charge in [0.05, 0.1) is 12.7 Å². The SMILES string of the molecule is COc1cc(C(=O)O)cc(O)c1[O-]. The highest BCUT2D eigenvalue weighted by molar-refractivity contribution is 5.89. The molecule has 0 aliphatic carbocycles. The summed E-state index contributed by atoms with van der Waals surface area (Å²) in [6.07, 6.45) is 0. The van der Waals surface area contributed by atoms with Crippen LogP contribution in [0.4, 0.5) is 0 Å². The molecule has 70 valence electrons. The molecule has 13 heavy (non-hydrogen) atoms. The number of carboxylic acid groups (broad SMARTS) is 1. The van der Waals surface area contributed by atoms with E-state index in [4.69, 9.17) is 10.2 Å². The van der Waals surface area contributed by atoms with Gasteiger partial charge in [0, 0.05) is 0 Å². The van der Waals surface area contributed by atoms with Crippen LogP contribution in [0, 0.1) is 0 Å². The van der Waals surface area contributed by atoms with Crippen molar-refractivity contribution in [1.29, 1.82) is 0 Å². The van der Waals surface area contributed by atoms with Crippen LogP contribution in [0.2, 0.25) is 0 Å². The van der Waals surface area contributed by atoms with Gasteiger partial charge < -0.3 is 20.1 Å². The molecule has 0 saturated heterocycles. The molecule has 0 amide bonds. The van der Waals surface area contributed by atoms with Crippen molar-refractivity contribution in [3.8, 4) is 17.2 Å². The van der Waals surface area contributed by atoms with Gasteiger partial charge in [-0.3, -0.25) is 0 Å². The van der Waals surface area contributed by atoms with Crippen LogP contribution >= 0.6 is 0 Å². The first-order chi connectivity index (χ1) is 6.06. The molecular formula is C8H7O5-. The van der Waals surface area contributed by atoms with Gasteiger partial charge in [0.2, 0.25) is 0 Å². The molecule has 0 heterocycles. The monoisotopic (exact) mass is 183 g/mol. The van der Waals surface area contributed by atoms with Crippen LogP contribution in [0.25, 0.3) is 0 Å². The molecule has 0 unspecified atom stereocenters. The molecule has 0 radical (unpaired) electrons. The van der Waals surface area contributed by atoms with Crippen LogP contribution in [0.1, 0.15) is 10.4 Å². The average molecular weight is 183 g/mol. The molecule has 0 aliphatic heterocycles. The summed E-state index contributed by atoms with van der Waals surface area (Å²) in [5.74, 6) is -2.75. The highest BCUT2D eigenvalue weighted by Gasteiger charge is 2.08. The molecular weight excluding hydrogens is 176 g/mol. The fraction of sp³-hybridized carbons (Fsp3) is 0.125. The van der Waals surface area contributed by atoms with E-state index in [0.29, 0.717) is 0 Å². The van der Waals surface area contributed by atoms with Gasteiger partial charge in [0.15, 0.2) is 0 Å². The Morgan fingerprint density at radius 3 is 2.62 bits per heavy atom. The fourth-order valence-electron chi connectivity index (χ4n) is 0.863. The normalized spacial score (nSPS) is 9.62. The third-order valence-electron chi connectivity index (χ3n) is 1.50. The van der Waals surface area contributed by atoms with Crippen LogP contribution in [0.5, 0.6) is 17.2 Å². The fourth-order valence-corrected chi connectivity index (χ4v) is 0.863. The summed E-state index contributed by atoms with van der Waals surface area (Å²) >= 11 is 0. The van der Waals surface area contributed by atoms with Crippen molar-refractivity contribution < 1.29 is 24.9 Å². The lowest BCUT2D eigenvalue weighted by atomic mass is 10.2. The number of hydrogen-bond donors (Lipinski definition) is 2. The lowest BCUT2D eigenvalue weighted by molar-refractivity contribution is -0.271. The second-order valence-electron chi connectivity index (χ2n) is 2.33. The minimum absolute atomic E-state index is 0.183. The van der Waals surface area contributed by atoms with Crippen LogP contribution in [0.3, 0.4) is 0 Å². The number of methoxy groups -OCH3 is 1. The second-order valence-corrected chi connectivity index (χ2v) is 2.33. The molecule has 0 spiro atoms. The maximum Gasteiger partial charge on any atom is 0.335 e. The van der Waals surface area contributed by atoms with Gasteiger partial charge in [0.25, 0.3) is 0 Å². The standard InChI is InChI=1S/C8H8O5/c1-13-6-3-4(8(11)12)2-5(9)7(6)10/h2-3,9-10H,1H3,(H,11,12)/p-1. The zero-order valence-corrected chi connectivity index (χ0v) is 6.77. The van der Waals surface area contributed by atoms with E-state index in [1.807, 2.05) is 0 Å². The predicted molar refractivity (Wildman–Crippen MR) is 41.1 cm³/mol. The zero-order valence-electron chi connectivity index (χ0n) is 6.77. The Morgan fingerprint density at radius 2 is 2.15 bits per heavy atom. The lowest BCUT2D eigenvalue weighted by Gasteiger charge is -2.14. The zero-order chi connectivity index (χ0) is 10.0. The van der Waals surface area contributed by atoms with Crippen molar-refractivity contribution in [3.05, 3.63) is 17.7 Å². The number of hydrogen-bond acceptors (Lipinski definition) is 4. The third-order valence-corrected chi connectivity index (χ3v) is 1.50. The Kier molecular flexibility index (Phi) is 2.27. The number of benzene rings is 1. The van der Waals surface area contributed by atoms with E-state index in [1.54, 1.807) is 0 Å². The number of phenolic OH excluding ortho intramolecular Hbond substituents is 1. The number of phenols is 1. The van der Waals surface area contributed by atoms with Crippen LogP contribution in [-0.2, 0) is 0 Å². The predicted octanol–water partition coefficient (Wildman–Crippen LogP) is 0.173. The third kappa shape index (κ3) is 1.64.